The number of rotatable bonds is 5. The van der Waals surface area contributed by atoms with Crippen molar-refractivity contribution >= 4 is 15.9 Å². The lowest BCUT2D eigenvalue weighted by atomic mass is 10.1. The summed E-state index contributed by atoms with van der Waals surface area (Å²) in [6, 6.07) is 9.22. The quantitative estimate of drug-likeness (QED) is 0.812. The zero-order chi connectivity index (χ0) is 11.2. The number of hydrogen-bond acceptors (Lipinski definition) is 2. The Morgan fingerprint density at radius 2 is 2.38 bits per heavy atom. The van der Waals surface area contributed by atoms with E-state index in [2.05, 4.69) is 50.8 Å². The van der Waals surface area contributed by atoms with Crippen LogP contribution in [-0.4, -0.2) is 19.1 Å². The Labute approximate surface area is 106 Å². The first-order valence-electron chi connectivity index (χ1n) is 6.03. The summed E-state index contributed by atoms with van der Waals surface area (Å²) < 4.78 is 1.16. The average Bonchev–Trinajstić information content (AvgIpc) is 2.77. The highest BCUT2D eigenvalue weighted by molar-refractivity contribution is 9.10. The van der Waals surface area contributed by atoms with Crippen molar-refractivity contribution in [2.45, 2.75) is 31.8 Å². The van der Waals surface area contributed by atoms with E-state index in [1.54, 1.807) is 0 Å². The largest absolute Gasteiger partial charge is 0.314 e. The monoisotopic (exact) mass is 282 g/mol. The highest BCUT2D eigenvalue weighted by Crippen LogP contribution is 2.11. The molecule has 1 heterocycles. The summed E-state index contributed by atoms with van der Waals surface area (Å²) >= 11 is 3.49. The maximum atomic E-state index is 3.52. The van der Waals surface area contributed by atoms with Crippen LogP contribution >= 0.6 is 15.9 Å². The van der Waals surface area contributed by atoms with E-state index in [9.17, 15) is 0 Å². The number of benzene rings is 1. The Hall–Kier alpha value is -0.380. The first kappa shape index (κ1) is 12.1. The molecule has 3 heteroatoms. The lowest BCUT2D eigenvalue weighted by Gasteiger charge is -2.10. The Kier molecular flexibility index (Phi) is 4.82. The van der Waals surface area contributed by atoms with Gasteiger partial charge in [-0.25, -0.2) is 0 Å². The van der Waals surface area contributed by atoms with Gasteiger partial charge in [0, 0.05) is 17.1 Å². The molecule has 1 unspecified atom stereocenters. The van der Waals surface area contributed by atoms with Crippen LogP contribution in [0.15, 0.2) is 28.7 Å². The van der Waals surface area contributed by atoms with Crippen LogP contribution < -0.4 is 10.6 Å². The fourth-order valence-corrected chi connectivity index (χ4v) is 2.61. The molecule has 0 spiro atoms. The number of halogens is 1. The SMILES string of the molecule is Brc1cccc(CNCCC2CCCN2)c1. The number of nitrogens with one attached hydrogen (secondary N) is 2. The third-order valence-corrected chi connectivity index (χ3v) is 3.54. The van der Waals surface area contributed by atoms with Crippen LogP contribution in [0.2, 0.25) is 0 Å². The van der Waals surface area contributed by atoms with Crippen LogP contribution in [0.5, 0.6) is 0 Å². The van der Waals surface area contributed by atoms with Crippen molar-refractivity contribution in [3.05, 3.63) is 34.3 Å². The molecule has 0 aromatic heterocycles. The van der Waals surface area contributed by atoms with E-state index in [4.69, 9.17) is 0 Å². The highest BCUT2D eigenvalue weighted by Gasteiger charge is 2.12. The van der Waals surface area contributed by atoms with E-state index in [1.165, 1.54) is 31.4 Å². The molecule has 2 rings (SSSR count). The molecule has 0 aliphatic carbocycles. The molecule has 2 nitrogen and oxygen atoms in total. The van der Waals surface area contributed by atoms with Crippen molar-refractivity contribution in [2.75, 3.05) is 13.1 Å². The Bertz CT molecular complexity index is 321. The van der Waals surface area contributed by atoms with E-state index in [1.807, 2.05) is 0 Å². The molecule has 1 saturated heterocycles. The summed E-state index contributed by atoms with van der Waals surface area (Å²) in [6.07, 6.45) is 3.93. The molecule has 1 aliphatic heterocycles. The van der Waals surface area contributed by atoms with Crippen molar-refractivity contribution in [1.82, 2.24) is 10.6 Å². The van der Waals surface area contributed by atoms with E-state index >= 15 is 0 Å². The van der Waals surface area contributed by atoms with Crippen molar-refractivity contribution in [3.8, 4) is 0 Å². The van der Waals surface area contributed by atoms with Crippen molar-refractivity contribution in [2.24, 2.45) is 0 Å². The molecule has 1 atom stereocenters. The topological polar surface area (TPSA) is 24.1 Å². The zero-order valence-corrected chi connectivity index (χ0v) is 11.1. The van der Waals surface area contributed by atoms with E-state index in [0.717, 1.165) is 23.6 Å². The molecule has 0 saturated carbocycles. The van der Waals surface area contributed by atoms with Gasteiger partial charge in [0.05, 0.1) is 0 Å². The summed E-state index contributed by atoms with van der Waals surface area (Å²) in [5, 5.41) is 7.01. The lowest BCUT2D eigenvalue weighted by molar-refractivity contribution is 0.523. The maximum Gasteiger partial charge on any atom is 0.0205 e. The maximum absolute atomic E-state index is 3.52. The molecule has 1 aliphatic rings. The lowest BCUT2D eigenvalue weighted by Crippen LogP contribution is -2.26. The molecular weight excluding hydrogens is 264 g/mol. The standard InChI is InChI=1S/C13H19BrN2/c14-12-4-1-3-11(9-12)10-15-8-6-13-5-2-7-16-13/h1,3-4,9,13,15-16H,2,5-8,10H2. The van der Waals surface area contributed by atoms with Crippen LogP contribution in [0.3, 0.4) is 0 Å². The van der Waals surface area contributed by atoms with Crippen molar-refractivity contribution in [1.29, 1.82) is 0 Å². The fraction of sp³-hybridized carbons (Fsp3) is 0.538. The van der Waals surface area contributed by atoms with Gasteiger partial charge < -0.3 is 10.6 Å². The van der Waals surface area contributed by atoms with Crippen molar-refractivity contribution < 1.29 is 0 Å². The van der Waals surface area contributed by atoms with Gasteiger partial charge in [-0.05, 0) is 50.0 Å². The molecule has 2 N–H and O–H groups in total. The van der Waals surface area contributed by atoms with E-state index in [-0.39, 0.29) is 0 Å². The predicted octanol–water partition coefficient (Wildman–Crippen LogP) is 2.68. The Morgan fingerprint density at radius 1 is 1.44 bits per heavy atom. The Balaban J connectivity index is 1.64. The third-order valence-electron chi connectivity index (χ3n) is 3.05. The highest BCUT2D eigenvalue weighted by atomic mass is 79.9. The minimum atomic E-state index is 0.745. The average molecular weight is 283 g/mol. The summed E-state index contributed by atoms with van der Waals surface area (Å²) in [5.41, 5.74) is 1.34. The summed E-state index contributed by atoms with van der Waals surface area (Å²) in [7, 11) is 0. The molecule has 1 fully saturated rings. The van der Waals surface area contributed by atoms with Gasteiger partial charge in [-0.2, -0.15) is 0 Å². The van der Waals surface area contributed by atoms with Gasteiger partial charge in [-0.1, -0.05) is 28.1 Å². The van der Waals surface area contributed by atoms with Crippen molar-refractivity contribution in [3.63, 3.8) is 0 Å². The van der Waals surface area contributed by atoms with Gasteiger partial charge in [-0.15, -0.1) is 0 Å². The van der Waals surface area contributed by atoms with Gasteiger partial charge in [-0.3, -0.25) is 0 Å². The predicted molar refractivity (Wildman–Crippen MR) is 71.5 cm³/mol. The van der Waals surface area contributed by atoms with Gasteiger partial charge in [0.15, 0.2) is 0 Å². The smallest absolute Gasteiger partial charge is 0.0205 e. The first-order valence-corrected chi connectivity index (χ1v) is 6.82. The molecule has 1 aromatic rings. The zero-order valence-electron chi connectivity index (χ0n) is 9.51. The molecule has 0 amide bonds. The van der Waals surface area contributed by atoms with Gasteiger partial charge in [0.2, 0.25) is 0 Å². The van der Waals surface area contributed by atoms with Gasteiger partial charge in [0.25, 0.3) is 0 Å². The second-order valence-corrected chi connectivity index (χ2v) is 5.30. The second-order valence-electron chi connectivity index (χ2n) is 4.39. The minimum Gasteiger partial charge on any atom is -0.314 e. The van der Waals surface area contributed by atoms with Crippen LogP contribution in [0.1, 0.15) is 24.8 Å². The van der Waals surface area contributed by atoms with Crippen LogP contribution in [0.4, 0.5) is 0 Å². The van der Waals surface area contributed by atoms with Crippen LogP contribution in [-0.2, 0) is 6.54 Å². The normalized spacial score (nSPS) is 20.2. The first-order chi connectivity index (χ1) is 7.84. The molecule has 0 bridgehead atoms. The Morgan fingerprint density at radius 3 is 3.12 bits per heavy atom. The molecule has 16 heavy (non-hydrogen) atoms. The summed E-state index contributed by atoms with van der Waals surface area (Å²) in [4.78, 5) is 0. The third kappa shape index (κ3) is 3.89. The van der Waals surface area contributed by atoms with Gasteiger partial charge >= 0.3 is 0 Å². The summed E-state index contributed by atoms with van der Waals surface area (Å²) in [6.45, 7) is 3.27. The molecule has 0 radical (unpaired) electrons. The molecule has 1 aromatic carbocycles. The number of hydrogen-bond donors (Lipinski definition) is 2. The van der Waals surface area contributed by atoms with Crippen LogP contribution in [0.25, 0.3) is 0 Å². The molecular formula is C13H19BrN2. The van der Waals surface area contributed by atoms with Gasteiger partial charge in [0.1, 0.15) is 0 Å². The minimum absolute atomic E-state index is 0.745. The molecule has 88 valence electrons. The summed E-state index contributed by atoms with van der Waals surface area (Å²) in [5.74, 6) is 0. The fourth-order valence-electron chi connectivity index (χ4n) is 2.16. The van der Waals surface area contributed by atoms with Crippen LogP contribution in [0, 0.1) is 0 Å². The second kappa shape index (κ2) is 6.38. The van der Waals surface area contributed by atoms with E-state index in [0.29, 0.717) is 0 Å². The van der Waals surface area contributed by atoms with E-state index < -0.39 is 0 Å².